The van der Waals surface area contributed by atoms with Crippen LogP contribution < -0.4 is 5.32 Å². The number of alkyl halides is 3. The molecule has 0 bridgehead atoms. The minimum Gasteiger partial charge on any atom is -0.504 e. The van der Waals surface area contributed by atoms with Crippen molar-refractivity contribution in [3.63, 3.8) is 0 Å². The zero-order valence-electron chi connectivity index (χ0n) is 13.6. The molecule has 3 aromatic rings. The van der Waals surface area contributed by atoms with Crippen LogP contribution >= 0.6 is 0 Å². The molecular weight excluding hydrogens is 376 g/mol. The van der Waals surface area contributed by atoms with Gasteiger partial charge >= 0.3 is 6.18 Å². The molecular formula is C18H11F6NO2. The fourth-order valence-corrected chi connectivity index (χ4v) is 2.62. The van der Waals surface area contributed by atoms with Crippen molar-refractivity contribution in [2.45, 2.75) is 6.18 Å². The smallest absolute Gasteiger partial charge is 0.416 e. The molecule has 1 heterocycles. The van der Waals surface area contributed by atoms with Crippen LogP contribution in [0.4, 0.5) is 32.2 Å². The molecule has 0 spiro atoms. The molecule has 27 heavy (non-hydrogen) atoms. The van der Waals surface area contributed by atoms with Crippen molar-refractivity contribution in [3.8, 4) is 28.2 Å². The summed E-state index contributed by atoms with van der Waals surface area (Å²) in [6, 6.07) is 4.90. The molecule has 0 atom stereocenters. The van der Waals surface area contributed by atoms with E-state index in [0.717, 1.165) is 18.2 Å². The maximum absolute atomic E-state index is 14.0. The lowest BCUT2D eigenvalue weighted by Gasteiger charge is -2.09. The van der Waals surface area contributed by atoms with Crippen molar-refractivity contribution < 1.29 is 35.9 Å². The van der Waals surface area contributed by atoms with Gasteiger partial charge in [-0.1, -0.05) is 12.1 Å². The second kappa shape index (κ2) is 6.57. The molecule has 0 amide bonds. The van der Waals surface area contributed by atoms with Gasteiger partial charge in [-0.2, -0.15) is 13.2 Å². The monoisotopic (exact) mass is 387 g/mol. The Balaban J connectivity index is 2.23. The first-order chi connectivity index (χ1) is 12.6. The highest BCUT2D eigenvalue weighted by atomic mass is 19.4. The highest BCUT2D eigenvalue weighted by Gasteiger charge is 2.32. The molecule has 0 saturated heterocycles. The van der Waals surface area contributed by atoms with E-state index < -0.39 is 46.3 Å². The summed E-state index contributed by atoms with van der Waals surface area (Å²) in [5.74, 6) is -5.69. The van der Waals surface area contributed by atoms with Gasteiger partial charge in [0.1, 0.15) is 5.82 Å². The van der Waals surface area contributed by atoms with E-state index in [-0.39, 0.29) is 17.0 Å². The summed E-state index contributed by atoms with van der Waals surface area (Å²) in [4.78, 5) is 0. The number of rotatable bonds is 3. The molecule has 0 radical (unpaired) electrons. The average Bonchev–Trinajstić information content (AvgIpc) is 2.94. The van der Waals surface area contributed by atoms with E-state index in [4.69, 9.17) is 4.42 Å². The maximum Gasteiger partial charge on any atom is 0.416 e. The van der Waals surface area contributed by atoms with Crippen LogP contribution in [0, 0.1) is 17.5 Å². The molecule has 142 valence electrons. The summed E-state index contributed by atoms with van der Waals surface area (Å²) < 4.78 is 85.0. The quantitative estimate of drug-likeness (QED) is 0.441. The van der Waals surface area contributed by atoms with E-state index in [1.165, 1.54) is 13.1 Å². The third kappa shape index (κ3) is 3.32. The van der Waals surface area contributed by atoms with Gasteiger partial charge in [0, 0.05) is 13.1 Å². The number of furan rings is 1. The first-order valence-corrected chi connectivity index (χ1v) is 7.49. The predicted octanol–water partition coefficient (Wildman–Crippen LogP) is 5.80. The summed E-state index contributed by atoms with van der Waals surface area (Å²) in [7, 11) is 1.35. The molecule has 0 aliphatic heterocycles. The molecule has 1 aromatic heterocycles. The van der Waals surface area contributed by atoms with Crippen LogP contribution in [0.25, 0.3) is 22.5 Å². The second-order valence-corrected chi connectivity index (χ2v) is 5.56. The Hall–Kier alpha value is -3.10. The van der Waals surface area contributed by atoms with Gasteiger partial charge in [-0.15, -0.1) is 0 Å². The third-order valence-corrected chi connectivity index (χ3v) is 3.83. The van der Waals surface area contributed by atoms with Gasteiger partial charge in [-0.3, -0.25) is 0 Å². The first kappa shape index (κ1) is 18.7. The highest BCUT2D eigenvalue weighted by Crippen LogP contribution is 2.47. The highest BCUT2D eigenvalue weighted by molar-refractivity contribution is 5.87. The van der Waals surface area contributed by atoms with Crippen molar-refractivity contribution in [1.29, 1.82) is 0 Å². The summed E-state index contributed by atoms with van der Waals surface area (Å²) in [6.07, 6.45) is -4.63. The van der Waals surface area contributed by atoms with Gasteiger partial charge in [-0.05, 0) is 23.8 Å². The van der Waals surface area contributed by atoms with Gasteiger partial charge in [0.05, 0.1) is 16.7 Å². The normalized spacial score (nSPS) is 11.7. The molecule has 0 fully saturated rings. The Kier molecular flexibility index (Phi) is 4.54. The fourth-order valence-electron chi connectivity index (χ4n) is 2.62. The van der Waals surface area contributed by atoms with E-state index >= 15 is 0 Å². The van der Waals surface area contributed by atoms with E-state index in [0.29, 0.717) is 12.1 Å². The Morgan fingerprint density at radius 1 is 1.04 bits per heavy atom. The number of benzene rings is 2. The standard InChI is InChI=1S/C18H11F6NO2/c1-25-17-13(8-3-2-4-9(5-8)18(22,23)24)15(26)16(27-17)11-6-10(19)7-12(20)14(11)21/h2-7,25-26H,1H3. The Morgan fingerprint density at radius 2 is 1.74 bits per heavy atom. The molecule has 2 aromatic carbocycles. The van der Waals surface area contributed by atoms with E-state index in [1.807, 2.05) is 0 Å². The Morgan fingerprint density at radius 3 is 2.37 bits per heavy atom. The van der Waals surface area contributed by atoms with Crippen LogP contribution in [0.2, 0.25) is 0 Å². The van der Waals surface area contributed by atoms with Crippen molar-refractivity contribution in [2.24, 2.45) is 0 Å². The summed E-state index contributed by atoms with van der Waals surface area (Å²) in [5.41, 5.74) is -1.98. The number of hydrogen-bond donors (Lipinski definition) is 2. The fraction of sp³-hybridized carbons (Fsp3) is 0.111. The van der Waals surface area contributed by atoms with Gasteiger partial charge < -0.3 is 14.8 Å². The van der Waals surface area contributed by atoms with Crippen LogP contribution in [0.15, 0.2) is 40.8 Å². The van der Waals surface area contributed by atoms with Crippen LogP contribution in [0.5, 0.6) is 5.75 Å². The van der Waals surface area contributed by atoms with Crippen LogP contribution in [0.1, 0.15) is 5.56 Å². The Bertz CT molecular complexity index is 1010. The number of nitrogens with one attached hydrogen (secondary N) is 1. The van der Waals surface area contributed by atoms with Crippen LogP contribution in [-0.2, 0) is 6.18 Å². The van der Waals surface area contributed by atoms with Crippen molar-refractivity contribution in [1.82, 2.24) is 0 Å². The van der Waals surface area contributed by atoms with Crippen LogP contribution in [0.3, 0.4) is 0 Å². The number of hydrogen-bond acceptors (Lipinski definition) is 3. The largest absolute Gasteiger partial charge is 0.504 e. The third-order valence-electron chi connectivity index (χ3n) is 3.83. The second-order valence-electron chi connectivity index (χ2n) is 5.56. The van der Waals surface area contributed by atoms with E-state index in [9.17, 15) is 31.4 Å². The minimum atomic E-state index is -4.63. The molecule has 3 nitrogen and oxygen atoms in total. The van der Waals surface area contributed by atoms with Gasteiger partial charge in [0.15, 0.2) is 23.1 Å². The summed E-state index contributed by atoms with van der Waals surface area (Å²) >= 11 is 0. The topological polar surface area (TPSA) is 45.4 Å². The lowest BCUT2D eigenvalue weighted by molar-refractivity contribution is -0.137. The van der Waals surface area contributed by atoms with Gasteiger partial charge in [0.25, 0.3) is 0 Å². The molecule has 9 heteroatoms. The predicted molar refractivity (Wildman–Crippen MR) is 85.7 cm³/mol. The SMILES string of the molecule is CNc1oc(-c2cc(F)cc(F)c2F)c(O)c1-c1cccc(C(F)(F)F)c1. The zero-order valence-corrected chi connectivity index (χ0v) is 13.6. The average molecular weight is 387 g/mol. The number of aromatic hydroxyl groups is 1. The van der Waals surface area contributed by atoms with Crippen LogP contribution in [-0.4, -0.2) is 12.2 Å². The summed E-state index contributed by atoms with van der Waals surface area (Å²) in [5, 5.41) is 12.9. The van der Waals surface area contributed by atoms with Gasteiger partial charge in [0.2, 0.25) is 5.88 Å². The molecule has 2 N–H and O–H groups in total. The van der Waals surface area contributed by atoms with Gasteiger partial charge in [-0.25, -0.2) is 13.2 Å². The Labute approximate surface area is 148 Å². The summed E-state index contributed by atoms with van der Waals surface area (Å²) in [6.45, 7) is 0. The first-order valence-electron chi connectivity index (χ1n) is 7.49. The number of halogens is 6. The van der Waals surface area contributed by atoms with E-state index in [1.54, 1.807) is 0 Å². The zero-order chi connectivity index (χ0) is 19.9. The molecule has 3 rings (SSSR count). The van der Waals surface area contributed by atoms with Crippen molar-refractivity contribution >= 4 is 5.88 Å². The molecule has 0 unspecified atom stereocenters. The lowest BCUT2D eigenvalue weighted by atomic mass is 10.0. The van der Waals surface area contributed by atoms with Crippen molar-refractivity contribution in [2.75, 3.05) is 12.4 Å². The minimum absolute atomic E-state index is 0.0843. The maximum atomic E-state index is 14.0. The molecule has 0 aliphatic rings. The molecule has 0 aliphatic carbocycles. The van der Waals surface area contributed by atoms with E-state index in [2.05, 4.69) is 5.32 Å². The number of anilines is 1. The molecule has 0 saturated carbocycles. The lowest BCUT2D eigenvalue weighted by Crippen LogP contribution is -2.04. The van der Waals surface area contributed by atoms with Crippen molar-refractivity contribution in [3.05, 3.63) is 59.4 Å².